The molecule has 0 spiro atoms. The molecule has 1 aliphatic heterocycles. The van der Waals surface area contributed by atoms with Crippen molar-refractivity contribution in [1.29, 1.82) is 0 Å². The lowest BCUT2D eigenvalue weighted by Gasteiger charge is -2.19. The van der Waals surface area contributed by atoms with Gasteiger partial charge in [-0.25, -0.2) is 4.79 Å². The van der Waals surface area contributed by atoms with Gasteiger partial charge in [0.05, 0.1) is 25.9 Å². The molecule has 1 amide bonds. The summed E-state index contributed by atoms with van der Waals surface area (Å²) in [7, 11) is 1.54. The topological polar surface area (TPSA) is 70.0 Å². The number of halogens is 3. The van der Waals surface area contributed by atoms with E-state index in [1.807, 2.05) is 0 Å². The van der Waals surface area contributed by atoms with E-state index in [0.29, 0.717) is 11.4 Å². The molecule has 10 heteroatoms. The molecule has 34 heavy (non-hydrogen) atoms. The van der Waals surface area contributed by atoms with Gasteiger partial charge in [-0.05, 0) is 55.0 Å². The highest BCUT2D eigenvalue weighted by atomic mass is 19.4. The summed E-state index contributed by atoms with van der Waals surface area (Å²) >= 11 is 0. The Morgan fingerprint density at radius 1 is 1.06 bits per heavy atom. The van der Waals surface area contributed by atoms with Crippen LogP contribution in [0.4, 0.5) is 18.9 Å². The predicted octanol–water partition coefficient (Wildman–Crippen LogP) is 4.71. The lowest BCUT2D eigenvalue weighted by Crippen LogP contribution is -2.31. The van der Waals surface area contributed by atoms with E-state index in [2.05, 4.69) is 4.74 Å². The molecule has 1 atom stereocenters. The molecule has 7 nitrogen and oxygen atoms in total. The van der Waals surface area contributed by atoms with Gasteiger partial charge in [0.2, 0.25) is 0 Å². The summed E-state index contributed by atoms with van der Waals surface area (Å²) in [6, 6.07) is 12.8. The first kappa shape index (κ1) is 23.2. The number of alkyl halides is 3. The quantitative estimate of drug-likeness (QED) is 0.464. The molecule has 0 fully saturated rings. The van der Waals surface area contributed by atoms with Crippen LogP contribution in [-0.2, 0) is 16.1 Å². The number of esters is 1. The fourth-order valence-corrected chi connectivity index (χ4v) is 3.94. The van der Waals surface area contributed by atoms with Crippen LogP contribution in [0.1, 0.15) is 34.6 Å². The van der Waals surface area contributed by atoms with Gasteiger partial charge in [-0.3, -0.25) is 4.79 Å². The van der Waals surface area contributed by atoms with Crippen molar-refractivity contribution in [2.75, 3.05) is 18.6 Å². The van der Waals surface area contributed by atoms with Gasteiger partial charge in [0, 0.05) is 11.8 Å². The Hall–Kier alpha value is -3.95. The monoisotopic (exact) mass is 474 g/mol. The number of methoxy groups -OCH3 is 1. The van der Waals surface area contributed by atoms with Gasteiger partial charge in [-0.2, -0.15) is 0 Å². The first-order chi connectivity index (χ1) is 16.2. The van der Waals surface area contributed by atoms with Crippen molar-refractivity contribution in [3.8, 4) is 11.5 Å². The summed E-state index contributed by atoms with van der Waals surface area (Å²) in [6.45, 7) is 1.95. The maximum Gasteiger partial charge on any atom is 0.573 e. The van der Waals surface area contributed by atoms with Crippen LogP contribution < -0.4 is 14.4 Å². The van der Waals surface area contributed by atoms with Crippen LogP contribution in [0.25, 0.3) is 0 Å². The van der Waals surface area contributed by atoms with Crippen LogP contribution in [0.15, 0.2) is 60.8 Å². The summed E-state index contributed by atoms with van der Waals surface area (Å²) in [5.74, 6) is -0.856. The second-order valence-electron chi connectivity index (χ2n) is 7.46. The second kappa shape index (κ2) is 9.12. The van der Waals surface area contributed by atoms with E-state index in [1.54, 1.807) is 44.4 Å². The molecular formula is C24H21F3N2O5. The molecule has 0 radical (unpaired) electrons. The minimum Gasteiger partial charge on any atom is -0.497 e. The van der Waals surface area contributed by atoms with Gasteiger partial charge in [0.25, 0.3) is 5.91 Å². The van der Waals surface area contributed by atoms with E-state index in [0.717, 1.165) is 11.6 Å². The molecule has 0 aliphatic carbocycles. The number of ether oxygens (including phenoxy) is 3. The van der Waals surface area contributed by atoms with Gasteiger partial charge < -0.3 is 23.7 Å². The predicted molar refractivity (Wildman–Crippen MR) is 116 cm³/mol. The van der Waals surface area contributed by atoms with Crippen LogP contribution in [-0.4, -0.2) is 36.5 Å². The van der Waals surface area contributed by atoms with Crippen LogP contribution in [0, 0.1) is 0 Å². The summed E-state index contributed by atoms with van der Waals surface area (Å²) in [5.41, 5.74) is 1.60. The fraction of sp³-hybridized carbons (Fsp3) is 0.250. The third-order valence-electron chi connectivity index (χ3n) is 5.36. The zero-order chi connectivity index (χ0) is 24.5. The van der Waals surface area contributed by atoms with Gasteiger partial charge in [-0.15, -0.1) is 13.2 Å². The first-order valence-corrected chi connectivity index (χ1v) is 10.4. The smallest absolute Gasteiger partial charge is 0.497 e. The Kier molecular flexibility index (Phi) is 6.23. The Bertz CT molecular complexity index is 1200. The van der Waals surface area contributed by atoms with Crippen molar-refractivity contribution >= 4 is 17.6 Å². The standard InChI is InChI=1S/C24H21F3N2O5/c1-3-33-23(31)20-5-4-12-28(20)21-18-13-17(34-24(25,26)27)10-11-19(18)29(22(21)30)14-15-6-8-16(32-2)9-7-15/h4-13,21H,3,14H2,1-2H3. The number of carbonyl (C=O) groups excluding carboxylic acids is 2. The van der Waals surface area contributed by atoms with E-state index >= 15 is 0 Å². The van der Waals surface area contributed by atoms with Crippen molar-refractivity contribution in [2.24, 2.45) is 0 Å². The summed E-state index contributed by atoms with van der Waals surface area (Å²) in [4.78, 5) is 27.5. The number of hydrogen-bond acceptors (Lipinski definition) is 5. The number of hydrogen-bond donors (Lipinski definition) is 0. The summed E-state index contributed by atoms with van der Waals surface area (Å²) in [6.07, 6.45) is -3.37. The lowest BCUT2D eigenvalue weighted by atomic mass is 10.1. The van der Waals surface area contributed by atoms with Crippen molar-refractivity contribution in [3.05, 3.63) is 77.6 Å². The number of amides is 1. The van der Waals surface area contributed by atoms with Crippen molar-refractivity contribution in [2.45, 2.75) is 25.9 Å². The Balaban J connectivity index is 1.77. The van der Waals surface area contributed by atoms with Gasteiger partial charge >= 0.3 is 12.3 Å². The van der Waals surface area contributed by atoms with Crippen molar-refractivity contribution in [1.82, 2.24) is 4.57 Å². The zero-order valence-corrected chi connectivity index (χ0v) is 18.3. The van der Waals surface area contributed by atoms with E-state index in [4.69, 9.17) is 9.47 Å². The van der Waals surface area contributed by atoms with Gasteiger partial charge in [-0.1, -0.05) is 12.1 Å². The third kappa shape index (κ3) is 4.57. The molecule has 3 aromatic rings. The average molecular weight is 474 g/mol. The van der Waals surface area contributed by atoms with Crippen LogP contribution >= 0.6 is 0 Å². The largest absolute Gasteiger partial charge is 0.573 e. The lowest BCUT2D eigenvalue weighted by molar-refractivity contribution is -0.274. The second-order valence-corrected chi connectivity index (χ2v) is 7.46. The third-order valence-corrected chi connectivity index (χ3v) is 5.36. The highest BCUT2D eigenvalue weighted by Gasteiger charge is 2.41. The Morgan fingerprint density at radius 2 is 1.76 bits per heavy atom. The molecular weight excluding hydrogens is 453 g/mol. The van der Waals surface area contributed by atoms with Crippen molar-refractivity contribution in [3.63, 3.8) is 0 Å². The minimum absolute atomic E-state index is 0.111. The van der Waals surface area contributed by atoms with E-state index in [9.17, 15) is 22.8 Å². The zero-order valence-electron chi connectivity index (χ0n) is 18.3. The molecule has 1 unspecified atom stereocenters. The number of nitrogens with zero attached hydrogens (tertiary/aromatic N) is 2. The average Bonchev–Trinajstić information content (AvgIpc) is 3.36. The molecule has 2 heterocycles. The highest BCUT2D eigenvalue weighted by molar-refractivity contribution is 6.05. The summed E-state index contributed by atoms with van der Waals surface area (Å²) < 4.78 is 54.3. The molecule has 0 N–H and O–H groups in total. The van der Waals surface area contributed by atoms with Crippen molar-refractivity contribution < 1.29 is 37.0 Å². The molecule has 0 bridgehead atoms. The normalized spacial score (nSPS) is 15.3. The first-order valence-electron chi connectivity index (χ1n) is 10.4. The number of rotatable bonds is 7. The summed E-state index contributed by atoms with van der Waals surface area (Å²) in [5, 5.41) is 0. The van der Waals surface area contributed by atoms with Crippen LogP contribution in [0.2, 0.25) is 0 Å². The Morgan fingerprint density at radius 3 is 2.41 bits per heavy atom. The number of anilines is 1. The molecule has 2 aromatic carbocycles. The van der Waals surface area contributed by atoms with E-state index < -0.39 is 30.0 Å². The van der Waals surface area contributed by atoms with Gasteiger partial charge in [0.1, 0.15) is 23.2 Å². The number of carbonyl (C=O) groups is 2. The van der Waals surface area contributed by atoms with Crippen LogP contribution in [0.5, 0.6) is 11.5 Å². The molecule has 1 aromatic heterocycles. The SMILES string of the molecule is CCOC(=O)c1cccn1C1C(=O)N(Cc2ccc(OC)cc2)c2ccc(OC(F)(F)F)cc21. The van der Waals surface area contributed by atoms with Gasteiger partial charge in [0.15, 0.2) is 0 Å². The number of fused-ring (bicyclic) bond motifs is 1. The maximum atomic E-state index is 13.6. The number of aromatic nitrogens is 1. The fourth-order valence-electron chi connectivity index (χ4n) is 3.94. The van der Waals surface area contributed by atoms with E-state index in [1.165, 1.54) is 33.9 Å². The minimum atomic E-state index is -4.89. The molecule has 4 rings (SSSR count). The van der Waals surface area contributed by atoms with Crippen LogP contribution in [0.3, 0.4) is 0 Å². The molecule has 0 saturated carbocycles. The highest BCUT2D eigenvalue weighted by Crippen LogP contribution is 2.42. The maximum absolute atomic E-state index is 13.6. The molecule has 1 aliphatic rings. The molecule has 178 valence electrons. The molecule has 0 saturated heterocycles. The Labute approximate surface area is 193 Å². The number of benzene rings is 2. The van der Waals surface area contributed by atoms with E-state index in [-0.39, 0.29) is 24.4 Å².